The van der Waals surface area contributed by atoms with E-state index in [1.165, 1.54) is 0 Å². The fourth-order valence-corrected chi connectivity index (χ4v) is 1.36. The smallest absolute Gasteiger partial charge is 0.193 e. The van der Waals surface area contributed by atoms with Gasteiger partial charge in [0.25, 0.3) is 0 Å². The van der Waals surface area contributed by atoms with E-state index in [1.807, 2.05) is 26.0 Å². The summed E-state index contributed by atoms with van der Waals surface area (Å²) in [5, 5.41) is 16.9. The van der Waals surface area contributed by atoms with Crippen LogP contribution in [0.2, 0.25) is 0 Å². The summed E-state index contributed by atoms with van der Waals surface area (Å²) in [6, 6.07) is 0. The van der Waals surface area contributed by atoms with Crippen molar-refractivity contribution in [2.45, 2.75) is 6.10 Å². The molecule has 1 aromatic rings. The molecule has 1 atom stereocenters. The highest BCUT2D eigenvalue weighted by atomic mass is 127. The maximum absolute atomic E-state index is 9.87. The number of guanidine groups is 1. The van der Waals surface area contributed by atoms with Crippen LogP contribution >= 0.6 is 24.0 Å². The van der Waals surface area contributed by atoms with Gasteiger partial charge in [-0.15, -0.1) is 24.0 Å². The predicted molar refractivity (Wildman–Crippen MR) is 78.6 cm³/mol. The Bertz CT molecular complexity index is 363. The first-order valence-corrected chi connectivity index (χ1v) is 5.09. The van der Waals surface area contributed by atoms with Crippen molar-refractivity contribution in [1.82, 2.24) is 20.0 Å². The van der Waals surface area contributed by atoms with Crippen molar-refractivity contribution in [1.29, 1.82) is 0 Å². The average molecular weight is 353 g/mol. The fraction of sp³-hybridized carbons (Fsp3) is 0.600. The second-order valence-corrected chi connectivity index (χ2v) is 3.79. The molecule has 0 saturated heterocycles. The van der Waals surface area contributed by atoms with Gasteiger partial charge in [0.15, 0.2) is 5.96 Å². The molecule has 2 N–H and O–H groups in total. The zero-order valence-corrected chi connectivity index (χ0v) is 12.9. The van der Waals surface area contributed by atoms with Gasteiger partial charge < -0.3 is 15.3 Å². The molecule has 1 heterocycles. The van der Waals surface area contributed by atoms with Gasteiger partial charge >= 0.3 is 0 Å². The number of hydrogen-bond donors (Lipinski definition) is 2. The molecular formula is C10H20IN5O. The molecule has 0 aliphatic heterocycles. The van der Waals surface area contributed by atoms with Crippen LogP contribution < -0.4 is 5.32 Å². The normalized spacial score (nSPS) is 12.9. The lowest BCUT2D eigenvalue weighted by molar-refractivity contribution is 0.180. The molecule has 1 rings (SSSR count). The van der Waals surface area contributed by atoms with E-state index in [4.69, 9.17) is 0 Å². The zero-order valence-electron chi connectivity index (χ0n) is 10.6. The number of aliphatic imine (C=N–C) groups is 1. The van der Waals surface area contributed by atoms with Gasteiger partial charge in [-0.2, -0.15) is 5.10 Å². The SMILES string of the molecule is CN=C(NCC(O)c1cnn(C)c1)N(C)C.I. The summed E-state index contributed by atoms with van der Waals surface area (Å²) < 4.78 is 1.67. The third-order valence-electron chi connectivity index (χ3n) is 2.20. The van der Waals surface area contributed by atoms with Gasteiger partial charge in [-0.1, -0.05) is 0 Å². The summed E-state index contributed by atoms with van der Waals surface area (Å²) in [5.41, 5.74) is 0.796. The maximum Gasteiger partial charge on any atom is 0.193 e. The molecule has 0 spiro atoms. The number of nitrogens with zero attached hydrogens (tertiary/aromatic N) is 4. The van der Waals surface area contributed by atoms with Crippen molar-refractivity contribution in [3.8, 4) is 0 Å². The molecule has 0 amide bonds. The molecule has 0 radical (unpaired) electrons. The number of rotatable bonds is 3. The topological polar surface area (TPSA) is 65.7 Å². The van der Waals surface area contributed by atoms with Gasteiger partial charge in [0.1, 0.15) is 0 Å². The Kier molecular flexibility index (Phi) is 7.12. The van der Waals surface area contributed by atoms with E-state index in [-0.39, 0.29) is 24.0 Å². The van der Waals surface area contributed by atoms with Gasteiger partial charge in [-0.05, 0) is 0 Å². The fourth-order valence-electron chi connectivity index (χ4n) is 1.36. The van der Waals surface area contributed by atoms with Crippen LogP contribution in [0.5, 0.6) is 0 Å². The first-order chi connectivity index (χ1) is 7.54. The lowest BCUT2D eigenvalue weighted by Crippen LogP contribution is -2.38. The Morgan fingerprint density at radius 1 is 1.65 bits per heavy atom. The minimum atomic E-state index is -0.578. The molecule has 6 nitrogen and oxygen atoms in total. The van der Waals surface area contributed by atoms with E-state index in [0.29, 0.717) is 6.54 Å². The van der Waals surface area contributed by atoms with Crippen molar-refractivity contribution >= 4 is 29.9 Å². The number of aliphatic hydroxyl groups is 1. The molecular weight excluding hydrogens is 333 g/mol. The summed E-state index contributed by atoms with van der Waals surface area (Å²) in [6.07, 6.45) is 2.88. The summed E-state index contributed by atoms with van der Waals surface area (Å²) in [7, 11) is 7.32. The van der Waals surface area contributed by atoms with Gasteiger partial charge in [0.05, 0.1) is 12.3 Å². The van der Waals surface area contributed by atoms with Crippen LogP contribution in [0.15, 0.2) is 17.4 Å². The minimum absolute atomic E-state index is 0. The molecule has 0 aromatic carbocycles. The van der Waals surface area contributed by atoms with Gasteiger partial charge in [0, 0.05) is 46.5 Å². The van der Waals surface area contributed by atoms with Crippen molar-refractivity contribution in [2.24, 2.45) is 12.0 Å². The van der Waals surface area contributed by atoms with Gasteiger partial charge in [0.2, 0.25) is 0 Å². The number of halogens is 1. The molecule has 98 valence electrons. The minimum Gasteiger partial charge on any atom is -0.386 e. The third-order valence-corrected chi connectivity index (χ3v) is 2.20. The van der Waals surface area contributed by atoms with Gasteiger partial charge in [-0.3, -0.25) is 9.67 Å². The highest BCUT2D eigenvalue weighted by molar-refractivity contribution is 14.0. The first kappa shape index (κ1) is 16.2. The Labute approximate surface area is 119 Å². The van der Waals surface area contributed by atoms with Crippen LogP contribution in [-0.2, 0) is 7.05 Å². The lowest BCUT2D eigenvalue weighted by Gasteiger charge is -2.18. The largest absolute Gasteiger partial charge is 0.386 e. The molecule has 0 saturated carbocycles. The van der Waals surface area contributed by atoms with Crippen LogP contribution in [0.25, 0.3) is 0 Å². The number of aryl methyl sites for hydroxylation is 1. The molecule has 0 fully saturated rings. The van der Waals surface area contributed by atoms with E-state index in [1.54, 1.807) is 24.1 Å². The number of nitrogens with one attached hydrogen (secondary N) is 1. The zero-order chi connectivity index (χ0) is 12.1. The predicted octanol–water partition coefficient (Wildman–Crippen LogP) is 0.208. The molecule has 0 bridgehead atoms. The van der Waals surface area contributed by atoms with Crippen LogP contribution in [0, 0.1) is 0 Å². The first-order valence-electron chi connectivity index (χ1n) is 5.09. The van der Waals surface area contributed by atoms with Crippen molar-refractivity contribution in [3.63, 3.8) is 0 Å². The number of hydrogen-bond acceptors (Lipinski definition) is 3. The number of aromatic nitrogens is 2. The second-order valence-electron chi connectivity index (χ2n) is 3.79. The second kappa shape index (κ2) is 7.49. The van der Waals surface area contributed by atoms with Crippen molar-refractivity contribution in [3.05, 3.63) is 18.0 Å². The summed E-state index contributed by atoms with van der Waals surface area (Å²) >= 11 is 0. The van der Waals surface area contributed by atoms with Crippen molar-refractivity contribution in [2.75, 3.05) is 27.7 Å². The Balaban J connectivity index is 0.00000256. The standard InChI is InChI=1S/C10H19N5O.HI/c1-11-10(14(2)3)12-6-9(16)8-5-13-15(4)7-8;/h5,7,9,16H,6H2,1-4H3,(H,11,12);1H. The molecule has 7 heteroatoms. The summed E-state index contributed by atoms with van der Waals surface area (Å²) in [4.78, 5) is 5.92. The average Bonchev–Trinajstić information content (AvgIpc) is 2.65. The van der Waals surface area contributed by atoms with Crippen LogP contribution in [0.1, 0.15) is 11.7 Å². The lowest BCUT2D eigenvalue weighted by atomic mass is 10.2. The molecule has 0 aliphatic carbocycles. The van der Waals surface area contributed by atoms with Crippen LogP contribution in [0.3, 0.4) is 0 Å². The van der Waals surface area contributed by atoms with Gasteiger partial charge in [-0.25, -0.2) is 0 Å². The molecule has 1 unspecified atom stereocenters. The van der Waals surface area contributed by atoms with Crippen molar-refractivity contribution < 1.29 is 5.11 Å². The van der Waals surface area contributed by atoms with E-state index in [2.05, 4.69) is 15.4 Å². The maximum atomic E-state index is 9.87. The van der Waals surface area contributed by atoms with Crippen LogP contribution in [-0.4, -0.2) is 53.4 Å². The van der Waals surface area contributed by atoms with E-state index in [9.17, 15) is 5.11 Å². The molecule has 17 heavy (non-hydrogen) atoms. The number of aliphatic hydroxyl groups excluding tert-OH is 1. The molecule has 0 aliphatic rings. The highest BCUT2D eigenvalue weighted by Crippen LogP contribution is 2.09. The Morgan fingerprint density at radius 3 is 2.71 bits per heavy atom. The van der Waals surface area contributed by atoms with E-state index >= 15 is 0 Å². The molecule has 1 aromatic heterocycles. The highest BCUT2D eigenvalue weighted by Gasteiger charge is 2.10. The summed E-state index contributed by atoms with van der Waals surface area (Å²) in [5.74, 6) is 0.739. The third kappa shape index (κ3) is 4.90. The van der Waals surface area contributed by atoms with Crippen LogP contribution in [0.4, 0.5) is 0 Å². The Hall–Kier alpha value is -0.830. The monoisotopic (exact) mass is 353 g/mol. The van der Waals surface area contributed by atoms with E-state index in [0.717, 1.165) is 11.5 Å². The van der Waals surface area contributed by atoms with E-state index < -0.39 is 6.10 Å². The summed E-state index contributed by atoms with van der Waals surface area (Å²) in [6.45, 7) is 0.413. The quantitative estimate of drug-likeness (QED) is 0.463. The Morgan fingerprint density at radius 2 is 2.29 bits per heavy atom.